The van der Waals surface area contributed by atoms with Crippen LogP contribution >= 0.6 is 0 Å². The van der Waals surface area contributed by atoms with Crippen LogP contribution in [0, 0.1) is 18.3 Å². The molecule has 3 aromatic rings. The minimum Gasteiger partial charge on any atom is -0.497 e. The number of aromatic nitrogens is 2. The molecule has 132 valence electrons. The standard InChI is InChI=1S/C20H20N4O2/c1-14-3-5-15(6-4-14)12-24-19(22)18(11-21)20(23-24)26-13-16-7-9-17(25-2)10-8-16/h3-10H,12-13,22H2,1-2H3. The zero-order valence-electron chi connectivity index (χ0n) is 14.8. The number of rotatable bonds is 6. The molecule has 0 spiro atoms. The molecule has 1 aromatic heterocycles. The van der Waals surface area contributed by atoms with E-state index in [2.05, 4.69) is 11.2 Å². The van der Waals surface area contributed by atoms with Gasteiger partial charge in [0.15, 0.2) is 5.56 Å². The van der Waals surface area contributed by atoms with E-state index in [9.17, 15) is 5.26 Å². The van der Waals surface area contributed by atoms with Crippen LogP contribution in [-0.4, -0.2) is 16.9 Å². The van der Waals surface area contributed by atoms with Crippen LogP contribution in [0.3, 0.4) is 0 Å². The van der Waals surface area contributed by atoms with Crippen LogP contribution in [0.4, 0.5) is 5.82 Å². The second kappa shape index (κ2) is 7.62. The maximum Gasteiger partial charge on any atom is 0.253 e. The van der Waals surface area contributed by atoms with Gasteiger partial charge in [0.05, 0.1) is 13.7 Å². The molecule has 0 amide bonds. The van der Waals surface area contributed by atoms with Gasteiger partial charge in [-0.2, -0.15) is 5.26 Å². The molecule has 0 bridgehead atoms. The zero-order valence-corrected chi connectivity index (χ0v) is 14.8. The predicted molar refractivity (Wildman–Crippen MR) is 99.0 cm³/mol. The number of anilines is 1. The summed E-state index contributed by atoms with van der Waals surface area (Å²) in [5.41, 5.74) is 9.52. The van der Waals surface area contributed by atoms with Crippen LogP contribution in [0.5, 0.6) is 11.6 Å². The van der Waals surface area contributed by atoms with E-state index in [0.29, 0.717) is 19.0 Å². The lowest BCUT2D eigenvalue weighted by atomic mass is 10.1. The summed E-state index contributed by atoms with van der Waals surface area (Å²) in [7, 11) is 1.62. The molecule has 0 fully saturated rings. The fourth-order valence-corrected chi connectivity index (χ4v) is 2.52. The summed E-state index contributed by atoms with van der Waals surface area (Å²) in [4.78, 5) is 0. The minimum absolute atomic E-state index is 0.243. The number of hydrogen-bond donors (Lipinski definition) is 1. The molecule has 0 aliphatic carbocycles. The Bertz CT molecular complexity index is 922. The molecule has 6 nitrogen and oxygen atoms in total. The van der Waals surface area contributed by atoms with Crippen molar-refractivity contribution in [1.29, 1.82) is 5.26 Å². The highest BCUT2D eigenvalue weighted by atomic mass is 16.5. The Kier molecular flexibility index (Phi) is 5.09. The van der Waals surface area contributed by atoms with Gasteiger partial charge in [0, 0.05) is 0 Å². The number of hydrogen-bond acceptors (Lipinski definition) is 5. The zero-order chi connectivity index (χ0) is 18.5. The van der Waals surface area contributed by atoms with Crippen molar-refractivity contribution < 1.29 is 9.47 Å². The summed E-state index contributed by atoms with van der Waals surface area (Å²) in [6.45, 7) is 2.80. The molecule has 2 aromatic carbocycles. The van der Waals surface area contributed by atoms with Crippen LogP contribution in [-0.2, 0) is 13.2 Å². The van der Waals surface area contributed by atoms with Crippen molar-refractivity contribution in [2.45, 2.75) is 20.1 Å². The number of methoxy groups -OCH3 is 1. The largest absolute Gasteiger partial charge is 0.497 e. The van der Waals surface area contributed by atoms with Gasteiger partial charge >= 0.3 is 0 Å². The van der Waals surface area contributed by atoms with Crippen molar-refractivity contribution >= 4 is 5.82 Å². The molecule has 6 heteroatoms. The van der Waals surface area contributed by atoms with Gasteiger partial charge in [0.25, 0.3) is 5.88 Å². The molecule has 0 unspecified atom stereocenters. The Morgan fingerprint density at radius 3 is 2.35 bits per heavy atom. The fourth-order valence-electron chi connectivity index (χ4n) is 2.52. The highest BCUT2D eigenvalue weighted by Gasteiger charge is 2.17. The lowest BCUT2D eigenvalue weighted by Crippen LogP contribution is -2.06. The van der Waals surface area contributed by atoms with Gasteiger partial charge < -0.3 is 15.2 Å². The van der Waals surface area contributed by atoms with Crippen LogP contribution < -0.4 is 15.2 Å². The number of benzene rings is 2. The Morgan fingerprint density at radius 2 is 1.73 bits per heavy atom. The van der Waals surface area contributed by atoms with E-state index in [4.69, 9.17) is 15.2 Å². The monoisotopic (exact) mass is 348 g/mol. The molecule has 0 saturated heterocycles. The Balaban J connectivity index is 1.76. The summed E-state index contributed by atoms with van der Waals surface area (Å²) >= 11 is 0. The molecular weight excluding hydrogens is 328 g/mol. The van der Waals surface area contributed by atoms with E-state index in [0.717, 1.165) is 16.9 Å². The van der Waals surface area contributed by atoms with Gasteiger partial charge in [-0.1, -0.05) is 42.0 Å². The molecule has 0 saturated carbocycles. The topological polar surface area (TPSA) is 86.1 Å². The van der Waals surface area contributed by atoms with Crippen molar-refractivity contribution in [1.82, 2.24) is 9.78 Å². The van der Waals surface area contributed by atoms with E-state index >= 15 is 0 Å². The first-order valence-electron chi connectivity index (χ1n) is 8.18. The normalized spacial score (nSPS) is 10.3. The third-order valence-electron chi connectivity index (χ3n) is 4.06. The smallest absolute Gasteiger partial charge is 0.253 e. The quantitative estimate of drug-likeness (QED) is 0.739. The predicted octanol–water partition coefficient (Wildman–Crippen LogP) is 3.28. The summed E-state index contributed by atoms with van der Waals surface area (Å²) in [6, 6.07) is 17.7. The average Bonchev–Trinajstić information content (AvgIpc) is 2.97. The lowest BCUT2D eigenvalue weighted by molar-refractivity contribution is 0.289. The molecule has 3 rings (SSSR count). The van der Waals surface area contributed by atoms with Gasteiger partial charge in [-0.25, -0.2) is 4.68 Å². The maximum absolute atomic E-state index is 9.40. The minimum atomic E-state index is 0.243. The van der Waals surface area contributed by atoms with Crippen LogP contribution in [0.15, 0.2) is 48.5 Å². The second-order valence-corrected chi connectivity index (χ2v) is 5.96. The third-order valence-corrected chi connectivity index (χ3v) is 4.06. The van der Waals surface area contributed by atoms with Crippen molar-refractivity contribution in [3.8, 4) is 17.7 Å². The highest BCUT2D eigenvalue weighted by molar-refractivity contribution is 5.55. The molecule has 0 aliphatic heterocycles. The summed E-state index contributed by atoms with van der Waals surface area (Å²) in [5, 5.41) is 13.8. The van der Waals surface area contributed by atoms with Crippen LogP contribution in [0.1, 0.15) is 22.3 Å². The molecule has 1 heterocycles. The number of nitrogens with two attached hydrogens (primary N) is 1. The van der Waals surface area contributed by atoms with Crippen molar-refractivity contribution in [3.63, 3.8) is 0 Å². The fraction of sp³-hybridized carbons (Fsp3) is 0.200. The van der Waals surface area contributed by atoms with E-state index < -0.39 is 0 Å². The van der Waals surface area contributed by atoms with Crippen LogP contribution in [0.2, 0.25) is 0 Å². The van der Waals surface area contributed by atoms with Crippen molar-refractivity contribution in [3.05, 3.63) is 70.8 Å². The number of nitrogen functional groups attached to an aromatic ring is 1. The van der Waals surface area contributed by atoms with E-state index in [1.54, 1.807) is 11.8 Å². The van der Waals surface area contributed by atoms with Gasteiger partial charge in [-0.3, -0.25) is 0 Å². The van der Waals surface area contributed by atoms with Gasteiger partial charge in [-0.05, 0) is 30.2 Å². The lowest BCUT2D eigenvalue weighted by Gasteiger charge is -2.05. The third kappa shape index (κ3) is 3.78. The number of ether oxygens (including phenoxy) is 2. The van der Waals surface area contributed by atoms with Crippen molar-refractivity contribution in [2.75, 3.05) is 12.8 Å². The SMILES string of the molecule is COc1ccc(COc2nn(Cc3ccc(C)cc3)c(N)c2C#N)cc1. The summed E-state index contributed by atoms with van der Waals surface area (Å²) < 4.78 is 12.5. The molecule has 0 atom stereocenters. The first-order chi connectivity index (χ1) is 12.6. The van der Waals surface area contributed by atoms with Crippen molar-refractivity contribution in [2.24, 2.45) is 0 Å². The Labute approximate surface area is 152 Å². The molecule has 0 aliphatic rings. The van der Waals surface area contributed by atoms with Gasteiger partial charge in [0.2, 0.25) is 0 Å². The van der Waals surface area contributed by atoms with Gasteiger partial charge in [0.1, 0.15) is 24.2 Å². The van der Waals surface area contributed by atoms with Gasteiger partial charge in [-0.15, -0.1) is 5.10 Å². The maximum atomic E-state index is 9.40. The molecule has 26 heavy (non-hydrogen) atoms. The summed E-state index contributed by atoms with van der Waals surface area (Å²) in [6.07, 6.45) is 0. The van der Waals surface area contributed by atoms with E-state index in [1.165, 1.54) is 5.56 Å². The molecule has 2 N–H and O–H groups in total. The molecular formula is C20H20N4O2. The van der Waals surface area contributed by atoms with Crippen LogP contribution in [0.25, 0.3) is 0 Å². The Morgan fingerprint density at radius 1 is 1.08 bits per heavy atom. The highest BCUT2D eigenvalue weighted by Crippen LogP contribution is 2.25. The number of aryl methyl sites for hydroxylation is 1. The van der Waals surface area contributed by atoms with E-state index in [1.807, 2.05) is 55.5 Å². The summed E-state index contributed by atoms with van der Waals surface area (Å²) in [5.74, 6) is 1.32. The second-order valence-electron chi connectivity index (χ2n) is 5.96. The first-order valence-corrected chi connectivity index (χ1v) is 8.18. The Hall–Kier alpha value is -3.46. The number of nitrogens with zero attached hydrogens (tertiary/aromatic N) is 3. The van der Waals surface area contributed by atoms with E-state index in [-0.39, 0.29) is 11.4 Å². The first kappa shape index (κ1) is 17.4. The average molecular weight is 348 g/mol. The number of nitriles is 1. The molecule has 0 radical (unpaired) electrons.